The fourth-order valence-electron chi connectivity index (χ4n) is 0.221. The van der Waals surface area contributed by atoms with Gasteiger partial charge in [-0.25, -0.2) is 0 Å². The Morgan fingerprint density at radius 1 is 1.83 bits per heavy atom. The summed E-state index contributed by atoms with van der Waals surface area (Å²) in [6, 6.07) is 1.20. The molecule has 0 rings (SSSR count). The van der Waals surface area contributed by atoms with Crippen LogP contribution in [0.3, 0.4) is 0 Å². The van der Waals surface area contributed by atoms with Crippen molar-refractivity contribution in [3.63, 3.8) is 0 Å². The van der Waals surface area contributed by atoms with Crippen molar-refractivity contribution in [2.45, 2.75) is 12.5 Å². The summed E-state index contributed by atoms with van der Waals surface area (Å²) in [6.45, 7) is 3.56. The summed E-state index contributed by atoms with van der Waals surface area (Å²) in [5.74, 6) is 0. The zero-order valence-corrected chi connectivity index (χ0v) is 5.95. The van der Waals surface area contributed by atoms with Crippen molar-refractivity contribution in [1.82, 2.24) is 0 Å². The number of allylic oxidation sites excluding steroid dienone is 1. The van der Waals surface area contributed by atoms with Gasteiger partial charge in [0.25, 0.3) is 0 Å². The Bertz CT molecular complexity index is 36.5. The summed E-state index contributed by atoms with van der Waals surface area (Å²) in [6.07, 6.45) is 3.02. The average molecular weight is 121 g/mol. The van der Waals surface area contributed by atoms with Crippen LogP contribution in [0.15, 0.2) is 12.7 Å². The Labute approximate surface area is 45.7 Å². The zero-order valence-electron chi connectivity index (χ0n) is 3.78. The monoisotopic (exact) mass is 120 g/mol. The molecule has 0 spiro atoms. The molecule has 2 heteroatoms. The SMILES string of the molecule is C=CCC[SiH2]Cl. The molecule has 0 aromatic heterocycles. The fourth-order valence-corrected chi connectivity index (χ4v) is 1.13. The van der Waals surface area contributed by atoms with Crippen molar-refractivity contribution in [3.8, 4) is 0 Å². The Balaban J connectivity index is 2.49. The molecule has 0 atom stereocenters. The number of hydrogen-bond acceptors (Lipinski definition) is 0. The van der Waals surface area contributed by atoms with Gasteiger partial charge in [-0.1, -0.05) is 6.08 Å². The van der Waals surface area contributed by atoms with Crippen LogP contribution in [0.5, 0.6) is 0 Å². The highest BCUT2D eigenvalue weighted by Crippen LogP contribution is 1.88. The lowest BCUT2D eigenvalue weighted by molar-refractivity contribution is 1.22. The van der Waals surface area contributed by atoms with E-state index in [0.29, 0.717) is 0 Å². The van der Waals surface area contributed by atoms with Crippen molar-refractivity contribution in [2.24, 2.45) is 0 Å². The van der Waals surface area contributed by atoms with Crippen LogP contribution >= 0.6 is 11.1 Å². The lowest BCUT2D eigenvalue weighted by Crippen LogP contribution is -1.70. The summed E-state index contributed by atoms with van der Waals surface area (Å²) < 4.78 is 0. The molecule has 0 N–H and O–H groups in total. The first-order valence-corrected chi connectivity index (χ1v) is 5.22. The predicted molar refractivity (Wildman–Crippen MR) is 34.0 cm³/mol. The van der Waals surface area contributed by atoms with Gasteiger partial charge in [-0.05, 0) is 12.5 Å². The summed E-state index contributed by atoms with van der Waals surface area (Å²) in [5.41, 5.74) is 0. The third-order valence-corrected chi connectivity index (χ3v) is 2.02. The molecule has 0 heterocycles. The highest BCUT2D eigenvalue weighted by Gasteiger charge is 1.75. The summed E-state index contributed by atoms with van der Waals surface area (Å²) in [4.78, 5) is 0. The predicted octanol–water partition coefficient (Wildman–Crippen LogP) is 1.30. The lowest BCUT2D eigenvalue weighted by atomic mass is 10.5. The van der Waals surface area contributed by atoms with E-state index in [0.717, 1.165) is 6.42 Å². The van der Waals surface area contributed by atoms with E-state index in [-0.39, 0.29) is 8.83 Å². The maximum absolute atomic E-state index is 5.47. The number of rotatable bonds is 3. The van der Waals surface area contributed by atoms with Gasteiger partial charge in [-0.3, -0.25) is 0 Å². The summed E-state index contributed by atoms with van der Waals surface area (Å²) in [5, 5.41) is 0. The minimum Gasteiger partial charge on any atom is -0.176 e. The molecule has 0 radical (unpaired) electrons. The first-order chi connectivity index (χ1) is 2.91. The molecular weight excluding hydrogens is 112 g/mol. The minimum atomic E-state index is -0.196. The molecule has 0 saturated heterocycles. The molecule has 36 valence electrons. The molecule has 0 nitrogen and oxygen atoms in total. The van der Waals surface area contributed by atoms with E-state index in [1.54, 1.807) is 0 Å². The van der Waals surface area contributed by atoms with Gasteiger partial charge < -0.3 is 0 Å². The molecule has 0 aromatic carbocycles. The molecule has 0 fully saturated rings. The van der Waals surface area contributed by atoms with Gasteiger partial charge in [0.2, 0.25) is 0 Å². The highest BCUT2D eigenvalue weighted by molar-refractivity contribution is 6.93. The maximum Gasteiger partial charge on any atom is 0.125 e. The minimum absolute atomic E-state index is 0.196. The van der Waals surface area contributed by atoms with Crippen molar-refractivity contribution in [1.29, 1.82) is 0 Å². The second-order valence-electron chi connectivity index (χ2n) is 1.12. The smallest absolute Gasteiger partial charge is 0.125 e. The highest BCUT2D eigenvalue weighted by atomic mass is 35.6. The van der Waals surface area contributed by atoms with Gasteiger partial charge in [-0.15, -0.1) is 6.58 Å². The quantitative estimate of drug-likeness (QED) is 0.228. The Morgan fingerprint density at radius 3 is 2.67 bits per heavy atom. The van der Waals surface area contributed by atoms with Crippen LogP contribution < -0.4 is 0 Å². The van der Waals surface area contributed by atoms with E-state index in [4.69, 9.17) is 11.1 Å². The van der Waals surface area contributed by atoms with Crippen molar-refractivity contribution in [3.05, 3.63) is 12.7 Å². The van der Waals surface area contributed by atoms with Crippen molar-refractivity contribution < 1.29 is 0 Å². The standard InChI is InChI=1S/C4H9ClSi/c1-2-3-4-6-5/h2H,1,3-4,6H2. The van der Waals surface area contributed by atoms with E-state index in [1.807, 2.05) is 6.08 Å². The van der Waals surface area contributed by atoms with Crippen LogP contribution in [0.2, 0.25) is 6.04 Å². The van der Waals surface area contributed by atoms with Crippen LogP contribution in [0.4, 0.5) is 0 Å². The van der Waals surface area contributed by atoms with Crippen molar-refractivity contribution >= 4 is 19.9 Å². The first-order valence-electron chi connectivity index (χ1n) is 2.08. The van der Waals surface area contributed by atoms with Crippen LogP contribution in [-0.4, -0.2) is 8.83 Å². The number of halogens is 1. The second-order valence-corrected chi connectivity index (χ2v) is 3.34. The molecule has 6 heavy (non-hydrogen) atoms. The average Bonchev–Trinajstić information content (AvgIpc) is 1.61. The van der Waals surface area contributed by atoms with Crippen LogP contribution in [-0.2, 0) is 0 Å². The lowest BCUT2D eigenvalue weighted by Gasteiger charge is -1.79. The van der Waals surface area contributed by atoms with Gasteiger partial charge in [0.1, 0.15) is 8.83 Å². The third kappa shape index (κ3) is 4.25. The zero-order chi connectivity index (χ0) is 4.83. The number of hydrogen-bond donors (Lipinski definition) is 0. The largest absolute Gasteiger partial charge is 0.176 e. The van der Waals surface area contributed by atoms with Crippen LogP contribution in [0, 0.1) is 0 Å². The second kappa shape index (κ2) is 5.25. The van der Waals surface area contributed by atoms with Gasteiger partial charge >= 0.3 is 0 Å². The first kappa shape index (κ1) is 6.25. The fraction of sp³-hybridized carbons (Fsp3) is 0.500. The van der Waals surface area contributed by atoms with Gasteiger partial charge in [0, 0.05) is 0 Å². The molecule has 0 aliphatic carbocycles. The molecule has 0 aliphatic heterocycles. The Hall–Kier alpha value is 0.247. The van der Waals surface area contributed by atoms with Gasteiger partial charge in [-0.2, -0.15) is 11.1 Å². The van der Waals surface area contributed by atoms with Crippen molar-refractivity contribution in [2.75, 3.05) is 0 Å². The topological polar surface area (TPSA) is 0 Å². The van der Waals surface area contributed by atoms with E-state index in [2.05, 4.69) is 6.58 Å². The summed E-state index contributed by atoms with van der Waals surface area (Å²) >= 11 is 5.47. The van der Waals surface area contributed by atoms with Gasteiger partial charge in [0.05, 0.1) is 0 Å². The molecule has 0 unspecified atom stereocenters. The molecule has 0 saturated carbocycles. The van der Waals surface area contributed by atoms with E-state index in [1.165, 1.54) is 6.04 Å². The Morgan fingerprint density at radius 2 is 2.50 bits per heavy atom. The molecule has 0 aromatic rings. The third-order valence-electron chi connectivity index (χ3n) is 0.542. The Kier molecular flexibility index (Phi) is 5.46. The molecule has 0 amide bonds. The normalized spacial score (nSPS) is 10.2. The summed E-state index contributed by atoms with van der Waals surface area (Å²) in [7, 11) is -0.196. The molecule has 0 bridgehead atoms. The van der Waals surface area contributed by atoms with Crippen LogP contribution in [0.1, 0.15) is 6.42 Å². The van der Waals surface area contributed by atoms with Crippen LogP contribution in [0.25, 0.3) is 0 Å². The molecular formula is C4H9ClSi. The van der Waals surface area contributed by atoms with E-state index < -0.39 is 0 Å². The van der Waals surface area contributed by atoms with Gasteiger partial charge in [0.15, 0.2) is 0 Å². The molecule has 0 aliphatic rings. The maximum atomic E-state index is 5.47. The van der Waals surface area contributed by atoms with E-state index in [9.17, 15) is 0 Å². The van der Waals surface area contributed by atoms with E-state index >= 15 is 0 Å².